The Hall–Kier alpha value is -0.770. The van der Waals surface area contributed by atoms with Gasteiger partial charge in [-0.1, -0.05) is 0 Å². The molecule has 0 aliphatic carbocycles. The number of rotatable bonds is 1. The lowest BCUT2D eigenvalue weighted by Crippen LogP contribution is -2.61. The molecule has 1 rings (SSSR count). The number of hydrogen-bond donors (Lipinski definition) is 1. The molecule has 1 aliphatic rings. The molecule has 1 aliphatic heterocycles. The lowest BCUT2D eigenvalue weighted by atomic mass is 10.1. The maximum Gasteiger partial charge on any atom is 0.317 e. The van der Waals surface area contributed by atoms with Crippen molar-refractivity contribution >= 4 is 6.03 Å². The third-order valence-corrected chi connectivity index (χ3v) is 2.09. The molecule has 1 N–H and O–H groups in total. The zero-order valence-electron chi connectivity index (χ0n) is 7.29. The summed E-state index contributed by atoms with van der Waals surface area (Å²) in [5.41, 5.74) is 0. The SMILES string of the molecule is CNC(=O)N1CC(N(C)C)C1. The minimum Gasteiger partial charge on any atom is -0.341 e. The van der Waals surface area contributed by atoms with Crippen LogP contribution in [0, 0.1) is 0 Å². The summed E-state index contributed by atoms with van der Waals surface area (Å²) < 4.78 is 0. The monoisotopic (exact) mass is 157 g/mol. The van der Waals surface area contributed by atoms with Crippen molar-refractivity contribution in [3.05, 3.63) is 0 Å². The molecule has 0 saturated carbocycles. The molecule has 1 heterocycles. The zero-order valence-corrected chi connectivity index (χ0v) is 7.29. The van der Waals surface area contributed by atoms with Gasteiger partial charge >= 0.3 is 6.03 Å². The highest BCUT2D eigenvalue weighted by atomic mass is 16.2. The fourth-order valence-corrected chi connectivity index (χ4v) is 1.11. The second-order valence-electron chi connectivity index (χ2n) is 3.08. The van der Waals surface area contributed by atoms with Crippen LogP contribution >= 0.6 is 0 Å². The van der Waals surface area contributed by atoms with Gasteiger partial charge in [-0.25, -0.2) is 4.79 Å². The van der Waals surface area contributed by atoms with Gasteiger partial charge in [-0.2, -0.15) is 0 Å². The summed E-state index contributed by atoms with van der Waals surface area (Å²) in [6, 6.07) is 0.579. The van der Waals surface area contributed by atoms with Gasteiger partial charge in [0.1, 0.15) is 0 Å². The van der Waals surface area contributed by atoms with Gasteiger partial charge in [0.2, 0.25) is 0 Å². The molecule has 0 bridgehead atoms. The van der Waals surface area contributed by atoms with E-state index in [4.69, 9.17) is 0 Å². The Balaban J connectivity index is 2.24. The normalized spacial score (nSPS) is 18.4. The molecule has 2 amide bonds. The van der Waals surface area contributed by atoms with E-state index in [-0.39, 0.29) is 6.03 Å². The lowest BCUT2D eigenvalue weighted by molar-refractivity contribution is 0.0883. The fourth-order valence-electron chi connectivity index (χ4n) is 1.11. The van der Waals surface area contributed by atoms with Crippen molar-refractivity contribution in [2.24, 2.45) is 0 Å². The molecule has 0 aromatic rings. The summed E-state index contributed by atoms with van der Waals surface area (Å²) in [6.45, 7) is 1.71. The molecule has 0 unspecified atom stereocenters. The molecule has 4 nitrogen and oxygen atoms in total. The molecule has 0 aromatic carbocycles. The predicted molar refractivity (Wildman–Crippen MR) is 43.5 cm³/mol. The average molecular weight is 157 g/mol. The highest BCUT2D eigenvalue weighted by Crippen LogP contribution is 2.11. The Morgan fingerprint density at radius 1 is 1.55 bits per heavy atom. The van der Waals surface area contributed by atoms with E-state index in [1.165, 1.54) is 0 Å². The van der Waals surface area contributed by atoms with Crippen LogP contribution in [0.15, 0.2) is 0 Å². The molecule has 0 spiro atoms. The zero-order chi connectivity index (χ0) is 8.43. The molecular formula is C7H15N3O. The Kier molecular flexibility index (Phi) is 2.34. The number of likely N-dealkylation sites (tertiary alicyclic amines) is 1. The van der Waals surface area contributed by atoms with Crippen molar-refractivity contribution in [2.45, 2.75) is 6.04 Å². The summed E-state index contributed by atoms with van der Waals surface area (Å²) >= 11 is 0. The van der Waals surface area contributed by atoms with Crippen LogP contribution in [0.1, 0.15) is 0 Å². The van der Waals surface area contributed by atoms with E-state index in [2.05, 4.69) is 10.2 Å². The topological polar surface area (TPSA) is 35.6 Å². The minimum absolute atomic E-state index is 0.0306. The number of hydrogen-bond acceptors (Lipinski definition) is 2. The fraction of sp³-hybridized carbons (Fsp3) is 0.857. The Morgan fingerprint density at radius 2 is 2.09 bits per heavy atom. The van der Waals surface area contributed by atoms with E-state index in [0.29, 0.717) is 6.04 Å². The van der Waals surface area contributed by atoms with Gasteiger partial charge in [0.25, 0.3) is 0 Å². The first kappa shape index (κ1) is 8.33. The maximum absolute atomic E-state index is 11.0. The van der Waals surface area contributed by atoms with Gasteiger partial charge in [-0.05, 0) is 14.1 Å². The molecule has 1 saturated heterocycles. The number of amides is 2. The first-order chi connectivity index (χ1) is 5.15. The number of carbonyl (C=O) groups excluding carboxylic acids is 1. The van der Waals surface area contributed by atoms with Crippen LogP contribution in [-0.4, -0.2) is 56.1 Å². The standard InChI is InChI=1S/C7H15N3O/c1-8-7(11)10-4-6(5-10)9(2)3/h6H,4-5H2,1-3H3,(H,8,11). The Labute approximate surface area is 67.2 Å². The van der Waals surface area contributed by atoms with Crippen LogP contribution < -0.4 is 5.32 Å². The number of urea groups is 1. The molecule has 1 fully saturated rings. The van der Waals surface area contributed by atoms with Gasteiger partial charge < -0.3 is 15.1 Å². The van der Waals surface area contributed by atoms with E-state index < -0.39 is 0 Å². The lowest BCUT2D eigenvalue weighted by Gasteiger charge is -2.42. The molecule has 4 heteroatoms. The number of nitrogens with zero attached hydrogens (tertiary/aromatic N) is 2. The summed E-state index contributed by atoms with van der Waals surface area (Å²) in [4.78, 5) is 14.9. The van der Waals surface area contributed by atoms with Crippen molar-refractivity contribution in [3.8, 4) is 0 Å². The number of likely N-dealkylation sites (N-methyl/N-ethyl adjacent to an activating group) is 1. The van der Waals surface area contributed by atoms with Gasteiger partial charge in [-0.15, -0.1) is 0 Å². The average Bonchev–Trinajstić information content (AvgIpc) is 1.83. The second kappa shape index (κ2) is 3.09. The first-order valence-corrected chi connectivity index (χ1v) is 3.78. The summed E-state index contributed by atoms with van der Waals surface area (Å²) in [5, 5.41) is 2.59. The van der Waals surface area contributed by atoms with Crippen molar-refractivity contribution in [2.75, 3.05) is 34.2 Å². The Morgan fingerprint density at radius 3 is 2.45 bits per heavy atom. The molecule has 0 radical (unpaired) electrons. The smallest absolute Gasteiger partial charge is 0.317 e. The molecule has 0 atom stereocenters. The van der Waals surface area contributed by atoms with Gasteiger partial charge in [-0.3, -0.25) is 0 Å². The highest BCUT2D eigenvalue weighted by Gasteiger charge is 2.30. The quantitative estimate of drug-likeness (QED) is 0.560. The van der Waals surface area contributed by atoms with Crippen LogP contribution in [0.5, 0.6) is 0 Å². The van der Waals surface area contributed by atoms with Gasteiger partial charge in [0.05, 0.1) is 0 Å². The van der Waals surface area contributed by atoms with Crippen LogP contribution in [-0.2, 0) is 0 Å². The first-order valence-electron chi connectivity index (χ1n) is 3.78. The third kappa shape index (κ3) is 1.63. The van der Waals surface area contributed by atoms with E-state index in [0.717, 1.165) is 13.1 Å². The largest absolute Gasteiger partial charge is 0.341 e. The van der Waals surface area contributed by atoms with E-state index in [1.807, 2.05) is 14.1 Å². The molecular weight excluding hydrogens is 142 g/mol. The summed E-state index contributed by atoms with van der Waals surface area (Å²) in [6.07, 6.45) is 0. The Bertz CT molecular complexity index is 152. The van der Waals surface area contributed by atoms with Gasteiger partial charge in [0, 0.05) is 26.2 Å². The van der Waals surface area contributed by atoms with Crippen LogP contribution in [0.4, 0.5) is 4.79 Å². The predicted octanol–water partition coefficient (Wildman–Crippen LogP) is -0.428. The minimum atomic E-state index is 0.0306. The van der Waals surface area contributed by atoms with Crippen molar-refractivity contribution in [1.29, 1.82) is 0 Å². The van der Waals surface area contributed by atoms with E-state index in [1.54, 1.807) is 11.9 Å². The van der Waals surface area contributed by atoms with E-state index in [9.17, 15) is 4.79 Å². The molecule has 11 heavy (non-hydrogen) atoms. The maximum atomic E-state index is 11.0. The number of nitrogens with one attached hydrogen (secondary N) is 1. The van der Waals surface area contributed by atoms with Crippen molar-refractivity contribution < 1.29 is 4.79 Å². The van der Waals surface area contributed by atoms with Crippen molar-refractivity contribution in [3.63, 3.8) is 0 Å². The third-order valence-electron chi connectivity index (χ3n) is 2.09. The van der Waals surface area contributed by atoms with E-state index >= 15 is 0 Å². The van der Waals surface area contributed by atoms with Crippen LogP contribution in [0.2, 0.25) is 0 Å². The summed E-state index contributed by atoms with van der Waals surface area (Å²) in [7, 11) is 5.73. The van der Waals surface area contributed by atoms with Crippen LogP contribution in [0.3, 0.4) is 0 Å². The summed E-state index contributed by atoms with van der Waals surface area (Å²) in [5.74, 6) is 0. The van der Waals surface area contributed by atoms with Gasteiger partial charge in [0.15, 0.2) is 0 Å². The highest BCUT2D eigenvalue weighted by molar-refractivity contribution is 5.74. The molecule has 64 valence electrons. The number of carbonyl (C=O) groups is 1. The molecule has 0 aromatic heterocycles. The van der Waals surface area contributed by atoms with Crippen molar-refractivity contribution in [1.82, 2.24) is 15.1 Å². The second-order valence-corrected chi connectivity index (χ2v) is 3.08. The van der Waals surface area contributed by atoms with Crippen LogP contribution in [0.25, 0.3) is 0 Å².